The van der Waals surface area contributed by atoms with E-state index in [0.29, 0.717) is 22.3 Å². The molecule has 0 radical (unpaired) electrons. The van der Waals surface area contributed by atoms with Gasteiger partial charge in [-0.15, -0.1) is 11.3 Å². The zero-order chi connectivity index (χ0) is 30.6. The maximum Gasteiger partial charge on any atom is 0.280 e. The van der Waals surface area contributed by atoms with Crippen LogP contribution in [0.5, 0.6) is 0 Å². The fourth-order valence-corrected chi connectivity index (χ4v) is 6.39. The van der Waals surface area contributed by atoms with Crippen LogP contribution >= 0.6 is 22.9 Å². The van der Waals surface area contributed by atoms with E-state index in [-0.39, 0.29) is 41.3 Å². The second-order valence-corrected chi connectivity index (χ2v) is 12.4. The maximum absolute atomic E-state index is 16.4. The molecule has 0 amide bonds. The van der Waals surface area contributed by atoms with Gasteiger partial charge in [0.05, 0.1) is 29.9 Å². The molecule has 5 heterocycles. The summed E-state index contributed by atoms with van der Waals surface area (Å²) in [6.45, 7) is 2.14. The lowest BCUT2D eigenvalue weighted by Gasteiger charge is -2.28. The van der Waals surface area contributed by atoms with E-state index in [9.17, 15) is 14.7 Å². The summed E-state index contributed by atoms with van der Waals surface area (Å²) in [5.41, 5.74) is 1.90. The molecular weight excluding hydrogens is 603 g/mol. The van der Waals surface area contributed by atoms with Gasteiger partial charge in [0.25, 0.3) is 11.5 Å². The minimum atomic E-state index is -0.770. The third kappa shape index (κ3) is 6.36. The van der Waals surface area contributed by atoms with Crippen molar-refractivity contribution in [2.45, 2.75) is 39.1 Å². The summed E-state index contributed by atoms with van der Waals surface area (Å²) >= 11 is 7.42. The average molecular weight is 633 g/mol. The van der Waals surface area contributed by atoms with E-state index in [1.807, 2.05) is 6.07 Å². The monoisotopic (exact) mass is 632 g/mol. The molecule has 12 heteroatoms. The van der Waals surface area contributed by atoms with Crippen molar-refractivity contribution in [2.24, 2.45) is 0 Å². The molecule has 1 saturated heterocycles. The van der Waals surface area contributed by atoms with Gasteiger partial charge in [0, 0.05) is 40.0 Å². The number of aliphatic hydroxyl groups is 1. The number of aromatic nitrogens is 4. The van der Waals surface area contributed by atoms with Gasteiger partial charge in [0.1, 0.15) is 5.69 Å². The summed E-state index contributed by atoms with van der Waals surface area (Å²) in [6, 6.07) is 16.7. The Morgan fingerprint density at radius 3 is 2.55 bits per heavy atom. The highest BCUT2D eigenvalue weighted by Gasteiger charge is 2.26. The molecule has 0 bridgehead atoms. The summed E-state index contributed by atoms with van der Waals surface area (Å²) in [7, 11) is 0. The average Bonchev–Trinajstić information content (AvgIpc) is 3.63. The van der Waals surface area contributed by atoms with Gasteiger partial charge < -0.3 is 10.4 Å². The Bertz CT molecular complexity index is 1850. The van der Waals surface area contributed by atoms with Gasteiger partial charge in [-0.05, 0) is 74.0 Å². The van der Waals surface area contributed by atoms with Crippen molar-refractivity contribution in [1.29, 1.82) is 0 Å². The zero-order valence-corrected chi connectivity index (χ0v) is 25.3. The molecule has 9 nitrogen and oxygen atoms in total. The number of nitrogens with one attached hydrogen (secondary N) is 1. The first-order valence-electron chi connectivity index (χ1n) is 14.3. The third-order valence-electron chi connectivity index (χ3n) is 7.60. The van der Waals surface area contributed by atoms with Crippen LogP contribution in [0.1, 0.15) is 40.1 Å². The largest absolute Gasteiger partial charge is 0.392 e. The van der Waals surface area contributed by atoms with Gasteiger partial charge in [0.15, 0.2) is 11.6 Å². The number of rotatable bonds is 9. The molecule has 5 aromatic rings. The highest BCUT2D eigenvalue weighted by molar-refractivity contribution is 7.16. The lowest BCUT2D eigenvalue weighted by molar-refractivity contribution is 0.0947. The van der Waals surface area contributed by atoms with Crippen molar-refractivity contribution in [3.63, 3.8) is 0 Å². The van der Waals surface area contributed by atoms with Crippen molar-refractivity contribution in [1.82, 2.24) is 24.2 Å². The molecule has 1 fully saturated rings. The smallest absolute Gasteiger partial charge is 0.280 e. The summed E-state index contributed by atoms with van der Waals surface area (Å²) in [4.78, 5) is 34.5. The van der Waals surface area contributed by atoms with Gasteiger partial charge in [-0.25, -0.2) is 4.39 Å². The highest BCUT2D eigenvalue weighted by atomic mass is 35.5. The van der Waals surface area contributed by atoms with Crippen molar-refractivity contribution >= 4 is 34.7 Å². The van der Waals surface area contributed by atoms with Crippen LogP contribution in [0.2, 0.25) is 4.34 Å². The number of pyridine rings is 2. The first-order valence-corrected chi connectivity index (χ1v) is 15.5. The zero-order valence-electron chi connectivity index (χ0n) is 23.7. The molecule has 44 heavy (non-hydrogen) atoms. The quantitative estimate of drug-likeness (QED) is 0.210. The second kappa shape index (κ2) is 13.2. The minimum absolute atomic E-state index is 0.138. The molecule has 1 aliphatic heterocycles. The fraction of sp³-hybridized carbons (Fsp3) is 0.250. The number of hydrogen-bond acceptors (Lipinski definition) is 8. The van der Waals surface area contributed by atoms with E-state index >= 15 is 4.39 Å². The van der Waals surface area contributed by atoms with E-state index in [1.54, 1.807) is 59.4 Å². The normalized spacial score (nSPS) is 13.7. The van der Waals surface area contributed by atoms with Gasteiger partial charge in [-0.3, -0.25) is 24.0 Å². The Morgan fingerprint density at radius 1 is 1.02 bits per heavy atom. The Morgan fingerprint density at radius 2 is 1.82 bits per heavy atom. The van der Waals surface area contributed by atoms with Crippen molar-refractivity contribution < 1.29 is 14.3 Å². The van der Waals surface area contributed by atoms with Gasteiger partial charge >= 0.3 is 0 Å². The number of aliphatic hydroxyl groups excluding tert-OH is 1. The van der Waals surface area contributed by atoms with E-state index < -0.39 is 11.7 Å². The van der Waals surface area contributed by atoms with Crippen molar-refractivity contribution in [3.05, 3.63) is 110 Å². The Hall–Kier alpha value is -4.16. The van der Waals surface area contributed by atoms with Crippen LogP contribution in [0.3, 0.4) is 0 Å². The number of hydrogen-bond donors (Lipinski definition) is 2. The second-order valence-electron chi connectivity index (χ2n) is 10.6. The molecular formula is C32H30ClFN6O3S. The molecule has 4 aromatic heterocycles. The number of likely N-dealkylation sites (tertiary alicyclic amines) is 1. The summed E-state index contributed by atoms with van der Waals surface area (Å²) in [6.07, 6.45) is 6.60. The Kier molecular flexibility index (Phi) is 8.99. The topological polar surface area (TPSA) is 105 Å². The minimum Gasteiger partial charge on any atom is -0.392 e. The van der Waals surface area contributed by atoms with Gasteiger partial charge in [0.2, 0.25) is 0 Å². The van der Waals surface area contributed by atoms with Crippen molar-refractivity contribution in [2.75, 3.05) is 18.4 Å². The number of piperidine rings is 1. The van der Waals surface area contributed by atoms with E-state index in [0.717, 1.165) is 41.1 Å². The molecule has 0 atom stereocenters. The molecule has 0 unspecified atom stereocenters. The summed E-state index contributed by atoms with van der Waals surface area (Å²) in [5, 5.41) is 17.0. The number of carbonyl (C=O) groups is 1. The van der Waals surface area contributed by atoms with Crippen LogP contribution < -0.4 is 10.9 Å². The Balaban J connectivity index is 1.45. The van der Waals surface area contributed by atoms with Crippen LogP contribution in [0.25, 0.3) is 22.5 Å². The number of thiophene rings is 1. The molecule has 226 valence electrons. The van der Waals surface area contributed by atoms with Gasteiger partial charge in [-0.2, -0.15) is 9.78 Å². The lowest BCUT2D eigenvalue weighted by atomic mass is 10.1. The first kappa shape index (κ1) is 29.9. The highest BCUT2D eigenvalue weighted by Crippen LogP contribution is 2.31. The number of nitrogens with zero attached hydrogens (tertiary/aromatic N) is 5. The number of carbonyl (C=O) groups excluding carboxylic acids is 1. The van der Waals surface area contributed by atoms with Crippen molar-refractivity contribution in [3.8, 4) is 22.5 Å². The van der Waals surface area contributed by atoms with Crippen LogP contribution in [-0.4, -0.2) is 48.3 Å². The molecule has 0 aliphatic carbocycles. The Labute approximate surface area is 262 Å². The first-order chi connectivity index (χ1) is 21.4. The molecule has 2 N–H and O–H groups in total. The predicted octanol–water partition coefficient (Wildman–Crippen LogP) is 5.86. The van der Waals surface area contributed by atoms with E-state index in [1.165, 1.54) is 29.9 Å². The van der Waals surface area contributed by atoms with Gasteiger partial charge in [-0.1, -0.05) is 30.2 Å². The summed E-state index contributed by atoms with van der Waals surface area (Å²) < 4.78 is 19.6. The number of anilines is 1. The van der Waals surface area contributed by atoms with Crippen LogP contribution in [0.15, 0.2) is 77.9 Å². The molecule has 1 aromatic carbocycles. The number of benzene rings is 1. The standard InChI is InChI=1S/C32H30ClFN6O3S/c33-27-8-7-25(44-27)18-36-31-29(34)30(37-40(31)32(43)23-6-4-5-21(15-23)19-41)24-16-26(22-9-11-35-12-10-22)39(28(42)17-24)20-38-13-2-1-3-14-38/h4-12,15-17,36,41H,1-3,13-14,18-20H2. The fourth-order valence-electron chi connectivity index (χ4n) is 5.37. The predicted molar refractivity (Wildman–Crippen MR) is 169 cm³/mol. The maximum atomic E-state index is 16.4. The van der Waals surface area contributed by atoms with Crippen LogP contribution in [-0.2, 0) is 19.8 Å². The molecule has 0 saturated carbocycles. The molecule has 1 aliphatic rings. The summed E-state index contributed by atoms with van der Waals surface area (Å²) in [5.74, 6) is -1.51. The number of halogens is 2. The van der Waals surface area contributed by atoms with E-state index in [4.69, 9.17) is 11.6 Å². The van der Waals surface area contributed by atoms with Crippen LogP contribution in [0.4, 0.5) is 10.2 Å². The molecule has 0 spiro atoms. The third-order valence-corrected chi connectivity index (χ3v) is 8.83. The van der Waals surface area contributed by atoms with Crippen LogP contribution in [0, 0.1) is 5.82 Å². The van der Waals surface area contributed by atoms with E-state index in [2.05, 4.69) is 20.3 Å². The molecule has 6 rings (SSSR count). The SMILES string of the molecule is O=C(c1cccc(CO)c1)n1nc(-c2cc(-c3ccncc3)n(CN3CCCCC3)c(=O)c2)c(F)c1NCc1ccc(Cl)s1. The lowest BCUT2D eigenvalue weighted by Crippen LogP contribution is -2.36.